The molecule has 0 aliphatic heterocycles. The second kappa shape index (κ2) is 6.80. The summed E-state index contributed by atoms with van der Waals surface area (Å²) in [6.45, 7) is 6.56. The summed E-state index contributed by atoms with van der Waals surface area (Å²) in [5.41, 5.74) is 1.24. The molecule has 0 saturated heterocycles. The predicted molar refractivity (Wildman–Crippen MR) is 61.5 cm³/mol. The minimum absolute atomic E-state index is 0.243. The van der Waals surface area contributed by atoms with E-state index in [1.54, 1.807) is 13.8 Å². The maximum atomic E-state index is 11.5. The maximum absolute atomic E-state index is 11.5. The zero-order chi connectivity index (χ0) is 12.8. The van der Waals surface area contributed by atoms with E-state index in [2.05, 4.69) is 5.43 Å². The molecule has 6 heteroatoms. The normalized spacial score (nSPS) is 13.9. The van der Waals surface area contributed by atoms with Crippen molar-refractivity contribution in [1.82, 2.24) is 10.3 Å². The molecule has 0 bridgehead atoms. The quantitative estimate of drug-likeness (QED) is 0.301. The molecular weight excluding hydrogens is 210 g/mol. The number of nitrogens with zero attached hydrogens (tertiary/aromatic N) is 1. The van der Waals surface area contributed by atoms with Crippen molar-refractivity contribution in [2.75, 3.05) is 26.8 Å². The first-order valence-corrected chi connectivity index (χ1v) is 5.31. The molecule has 0 spiro atoms. The lowest BCUT2D eigenvalue weighted by Gasteiger charge is -2.33. The van der Waals surface area contributed by atoms with Crippen LogP contribution in [-0.4, -0.2) is 54.4 Å². The Balaban J connectivity index is 4.64. The molecule has 0 rings (SSSR count). The third-order valence-corrected chi connectivity index (χ3v) is 2.21. The number of nitrogens with two attached hydrogens (primary N) is 1. The number of hydrogen-bond acceptors (Lipinski definition) is 5. The van der Waals surface area contributed by atoms with Crippen molar-refractivity contribution in [3.05, 3.63) is 0 Å². The second-order valence-electron chi connectivity index (χ2n) is 4.36. The van der Waals surface area contributed by atoms with Crippen molar-refractivity contribution in [1.29, 1.82) is 0 Å². The molecule has 0 aliphatic rings. The molecule has 0 saturated carbocycles. The van der Waals surface area contributed by atoms with Gasteiger partial charge < -0.3 is 9.84 Å². The number of ether oxygens (including phenoxy) is 1. The lowest BCUT2D eigenvalue weighted by molar-refractivity contribution is -0.129. The van der Waals surface area contributed by atoms with E-state index in [0.717, 1.165) is 0 Å². The Morgan fingerprint density at radius 2 is 2.19 bits per heavy atom. The molecule has 1 atom stereocenters. The van der Waals surface area contributed by atoms with E-state index in [1.165, 1.54) is 7.11 Å². The van der Waals surface area contributed by atoms with Crippen LogP contribution in [0.25, 0.3) is 0 Å². The molecule has 96 valence electrons. The number of nitrogens with one attached hydrogen (secondary N) is 1. The highest BCUT2D eigenvalue weighted by atomic mass is 16.5. The van der Waals surface area contributed by atoms with Crippen LogP contribution in [0.3, 0.4) is 0 Å². The van der Waals surface area contributed by atoms with E-state index in [1.807, 2.05) is 11.8 Å². The Hall–Kier alpha value is -0.690. The number of methoxy groups -OCH3 is 1. The fraction of sp³-hybridized carbons (Fsp3) is 0.900. The highest BCUT2D eigenvalue weighted by molar-refractivity contribution is 5.81. The van der Waals surface area contributed by atoms with Crippen LogP contribution in [0.2, 0.25) is 0 Å². The lowest BCUT2D eigenvalue weighted by Crippen LogP contribution is -2.54. The second-order valence-corrected chi connectivity index (χ2v) is 4.36. The van der Waals surface area contributed by atoms with Crippen LogP contribution in [0.15, 0.2) is 0 Å². The number of aliphatic hydroxyl groups is 1. The first-order chi connectivity index (χ1) is 7.35. The van der Waals surface area contributed by atoms with Gasteiger partial charge in [0.05, 0.1) is 12.2 Å². The van der Waals surface area contributed by atoms with Crippen molar-refractivity contribution in [3.63, 3.8) is 0 Å². The van der Waals surface area contributed by atoms with Gasteiger partial charge in [0.25, 0.3) is 5.91 Å². The summed E-state index contributed by atoms with van der Waals surface area (Å²) in [5.74, 6) is 4.80. The number of carbonyl (C=O) groups excluding carboxylic acids is 1. The zero-order valence-electron chi connectivity index (χ0n) is 10.5. The summed E-state index contributed by atoms with van der Waals surface area (Å²) in [4.78, 5) is 13.4. The molecule has 1 amide bonds. The van der Waals surface area contributed by atoms with E-state index >= 15 is 0 Å². The maximum Gasteiger partial charge on any atom is 0.253 e. The van der Waals surface area contributed by atoms with Crippen LogP contribution < -0.4 is 11.3 Å². The van der Waals surface area contributed by atoms with Crippen LogP contribution in [0, 0.1) is 0 Å². The summed E-state index contributed by atoms with van der Waals surface area (Å²) in [5, 5.41) is 9.75. The number of hydrazine groups is 1. The van der Waals surface area contributed by atoms with E-state index in [9.17, 15) is 9.90 Å². The third-order valence-electron chi connectivity index (χ3n) is 2.21. The summed E-state index contributed by atoms with van der Waals surface area (Å²) < 4.78 is 4.98. The number of rotatable bonds is 7. The average Bonchev–Trinajstić information content (AvgIpc) is 2.20. The number of carbonyl (C=O) groups is 1. The SMILES string of the molecule is CCN(CC(C)(C)O)C(COC)C(=O)NN. The largest absolute Gasteiger partial charge is 0.389 e. The average molecular weight is 233 g/mol. The van der Waals surface area contributed by atoms with Crippen LogP contribution in [0.5, 0.6) is 0 Å². The van der Waals surface area contributed by atoms with Crippen molar-refractivity contribution < 1.29 is 14.6 Å². The lowest BCUT2D eigenvalue weighted by atomic mass is 10.1. The smallest absolute Gasteiger partial charge is 0.253 e. The first kappa shape index (κ1) is 15.3. The van der Waals surface area contributed by atoms with Gasteiger partial charge in [0.1, 0.15) is 6.04 Å². The van der Waals surface area contributed by atoms with Crippen molar-refractivity contribution in [2.45, 2.75) is 32.4 Å². The molecule has 0 aliphatic carbocycles. The van der Waals surface area contributed by atoms with Gasteiger partial charge in [-0.05, 0) is 20.4 Å². The van der Waals surface area contributed by atoms with Gasteiger partial charge in [-0.15, -0.1) is 0 Å². The Bertz CT molecular complexity index is 216. The Morgan fingerprint density at radius 3 is 2.50 bits per heavy atom. The monoisotopic (exact) mass is 233 g/mol. The van der Waals surface area contributed by atoms with Gasteiger partial charge in [0.2, 0.25) is 0 Å². The summed E-state index contributed by atoms with van der Waals surface area (Å²) in [7, 11) is 1.52. The summed E-state index contributed by atoms with van der Waals surface area (Å²) >= 11 is 0. The Labute approximate surface area is 96.7 Å². The number of amides is 1. The zero-order valence-corrected chi connectivity index (χ0v) is 10.5. The van der Waals surface area contributed by atoms with Gasteiger partial charge in [-0.1, -0.05) is 6.92 Å². The van der Waals surface area contributed by atoms with E-state index in [4.69, 9.17) is 10.6 Å². The standard InChI is InChI=1S/C10H23N3O3/c1-5-13(7-10(2,3)15)8(6-16-4)9(14)12-11/h8,15H,5-7,11H2,1-4H3,(H,12,14). The molecular formula is C10H23N3O3. The first-order valence-electron chi connectivity index (χ1n) is 5.31. The van der Waals surface area contributed by atoms with E-state index in [0.29, 0.717) is 13.1 Å². The fourth-order valence-corrected chi connectivity index (χ4v) is 1.54. The van der Waals surface area contributed by atoms with Gasteiger partial charge in [0, 0.05) is 13.7 Å². The van der Waals surface area contributed by atoms with Gasteiger partial charge in [-0.3, -0.25) is 15.1 Å². The predicted octanol–water partition coefficient (Wildman–Crippen LogP) is -0.916. The van der Waals surface area contributed by atoms with E-state index < -0.39 is 11.6 Å². The highest BCUT2D eigenvalue weighted by Crippen LogP contribution is 2.09. The molecule has 6 nitrogen and oxygen atoms in total. The number of hydrogen-bond donors (Lipinski definition) is 3. The van der Waals surface area contributed by atoms with Crippen molar-refractivity contribution >= 4 is 5.91 Å². The highest BCUT2D eigenvalue weighted by Gasteiger charge is 2.28. The minimum atomic E-state index is -0.864. The van der Waals surface area contributed by atoms with Gasteiger partial charge >= 0.3 is 0 Å². The summed E-state index contributed by atoms with van der Waals surface area (Å²) in [6.07, 6.45) is 0. The molecule has 0 aromatic rings. The molecule has 0 aromatic heterocycles. The van der Waals surface area contributed by atoms with Crippen molar-refractivity contribution in [2.24, 2.45) is 5.84 Å². The Kier molecular flexibility index (Phi) is 6.51. The molecule has 16 heavy (non-hydrogen) atoms. The molecule has 0 fully saturated rings. The minimum Gasteiger partial charge on any atom is -0.389 e. The van der Waals surface area contributed by atoms with Gasteiger partial charge in [-0.2, -0.15) is 0 Å². The van der Waals surface area contributed by atoms with Crippen LogP contribution in [0.4, 0.5) is 0 Å². The van der Waals surface area contributed by atoms with E-state index in [-0.39, 0.29) is 12.5 Å². The summed E-state index contributed by atoms with van der Waals surface area (Å²) in [6, 6.07) is -0.480. The van der Waals surface area contributed by atoms with Crippen LogP contribution >= 0.6 is 0 Å². The number of likely N-dealkylation sites (N-methyl/N-ethyl adjacent to an activating group) is 1. The van der Waals surface area contributed by atoms with Gasteiger partial charge in [0.15, 0.2) is 0 Å². The topological polar surface area (TPSA) is 87.8 Å². The molecule has 0 radical (unpaired) electrons. The molecule has 4 N–H and O–H groups in total. The molecule has 1 unspecified atom stereocenters. The van der Waals surface area contributed by atoms with Crippen LogP contribution in [-0.2, 0) is 9.53 Å². The van der Waals surface area contributed by atoms with Crippen molar-refractivity contribution in [3.8, 4) is 0 Å². The Morgan fingerprint density at radius 1 is 1.62 bits per heavy atom. The molecule has 0 aromatic carbocycles. The fourth-order valence-electron chi connectivity index (χ4n) is 1.54. The third kappa shape index (κ3) is 5.41. The van der Waals surface area contributed by atoms with Gasteiger partial charge in [-0.25, -0.2) is 5.84 Å². The van der Waals surface area contributed by atoms with Crippen LogP contribution in [0.1, 0.15) is 20.8 Å². The molecule has 0 heterocycles.